The summed E-state index contributed by atoms with van der Waals surface area (Å²) in [7, 11) is 0. The molecule has 72 valence electrons. The molecule has 13 heavy (non-hydrogen) atoms. The zero-order valence-corrected chi connectivity index (χ0v) is 7.52. The minimum atomic E-state index is -1.36. The van der Waals surface area contributed by atoms with E-state index >= 15 is 0 Å². The van der Waals surface area contributed by atoms with E-state index in [0.717, 1.165) is 11.8 Å². The van der Waals surface area contributed by atoms with E-state index in [2.05, 4.69) is 0 Å². The van der Waals surface area contributed by atoms with Crippen LogP contribution in [0.4, 0.5) is 17.6 Å². The predicted octanol–water partition coefficient (Wildman–Crippen LogP) is 3.11. The zero-order valence-electron chi connectivity index (χ0n) is 6.70. The van der Waals surface area contributed by atoms with Gasteiger partial charge in [0.25, 0.3) is 0 Å². The molecule has 0 heterocycles. The van der Waals surface area contributed by atoms with Gasteiger partial charge in [-0.05, 0) is 6.26 Å². The van der Waals surface area contributed by atoms with Crippen LogP contribution in [0, 0.1) is 23.3 Å². The third kappa shape index (κ3) is 1.96. The van der Waals surface area contributed by atoms with Crippen LogP contribution in [0.2, 0.25) is 0 Å². The lowest BCUT2D eigenvalue weighted by Gasteiger charge is -2.04. The number of thioether (sulfide) groups is 1. The van der Waals surface area contributed by atoms with E-state index in [9.17, 15) is 17.6 Å². The molecule has 0 saturated heterocycles. The first-order chi connectivity index (χ1) is 6.07. The maximum absolute atomic E-state index is 12.8. The minimum absolute atomic E-state index is 0.0909. The summed E-state index contributed by atoms with van der Waals surface area (Å²) >= 11 is 1.09. The maximum atomic E-state index is 12.8. The quantitative estimate of drug-likeness (QED) is 0.534. The highest BCUT2D eigenvalue weighted by Gasteiger charge is 2.17. The summed E-state index contributed by atoms with van der Waals surface area (Å²) in [6.07, 6.45) is 1.59. The number of hydrogen-bond donors (Lipinski definition) is 0. The van der Waals surface area contributed by atoms with Gasteiger partial charge < -0.3 is 0 Å². The van der Waals surface area contributed by atoms with E-state index in [0.29, 0.717) is 0 Å². The summed E-state index contributed by atoms with van der Waals surface area (Å²) < 4.78 is 50.8. The van der Waals surface area contributed by atoms with Crippen molar-refractivity contribution in [2.24, 2.45) is 0 Å². The number of rotatable bonds is 2. The molecule has 0 aliphatic heterocycles. The molecule has 0 N–H and O–H groups in total. The first-order valence-electron chi connectivity index (χ1n) is 3.38. The average Bonchev–Trinajstić information content (AvgIpc) is 2.09. The molecule has 0 fully saturated rings. The molecule has 0 amide bonds. The molecule has 0 spiro atoms. The molecule has 0 bridgehead atoms. The van der Waals surface area contributed by atoms with Gasteiger partial charge in [0.15, 0.2) is 23.3 Å². The first kappa shape index (κ1) is 10.4. The highest BCUT2D eigenvalue weighted by molar-refractivity contribution is 7.97. The van der Waals surface area contributed by atoms with Crippen molar-refractivity contribution in [3.8, 4) is 0 Å². The summed E-state index contributed by atoms with van der Waals surface area (Å²) in [5.41, 5.74) is -0.551. The third-order valence-corrected chi connectivity index (χ3v) is 2.07. The fourth-order valence-electron chi connectivity index (χ4n) is 0.894. The van der Waals surface area contributed by atoms with Gasteiger partial charge in [-0.1, -0.05) is 0 Å². The minimum Gasteiger partial charge on any atom is -0.204 e. The second kappa shape index (κ2) is 4.00. The standard InChI is InChI=1S/C8H6F4S/c1-13-3-4-7(11)5(9)2-6(10)8(4)12/h2H,3H2,1H3. The second-order valence-corrected chi connectivity index (χ2v) is 3.25. The van der Waals surface area contributed by atoms with Crippen LogP contribution in [0.5, 0.6) is 0 Å². The van der Waals surface area contributed by atoms with E-state index in [1.54, 1.807) is 6.26 Å². The van der Waals surface area contributed by atoms with E-state index in [-0.39, 0.29) is 11.8 Å². The third-order valence-electron chi connectivity index (χ3n) is 1.49. The fraction of sp³-hybridized carbons (Fsp3) is 0.250. The molecule has 0 unspecified atom stereocenters. The molecule has 0 aliphatic rings. The Morgan fingerprint density at radius 3 is 1.92 bits per heavy atom. The van der Waals surface area contributed by atoms with Crippen molar-refractivity contribution in [1.29, 1.82) is 0 Å². The molecule has 0 atom stereocenters. The van der Waals surface area contributed by atoms with E-state index in [4.69, 9.17) is 0 Å². The van der Waals surface area contributed by atoms with Crippen LogP contribution < -0.4 is 0 Å². The Morgan fingerprint density at radius 2 is 1.54 bits per heavy atom. The van der Waals surface area contributed by atoms with Crippen molar-refractivity contribution in [2.75, 3.05) is 6.26 Å². The molecule has 5 heteroatoms. The largest absolute Gasteiger partial charge is 0.204 e. The predicted molar refractivity (Wildman–Crippen MR) is 43.5 cm³/mol. The van der Waals surface area contributed by atoms with Gasteiger partial charge in [0.2, 0.25) is 0 Å². The molecule has 0 saturated carbocycles. The van der Waals surface area contributed by atoms with Gasteiger partial charge in [0, 0.05) is 17.4 Å². The zero-order chi connectivity index (χ0) is 10.0. The summed E-state index contributed by atoms with van der Waals surface area (Å²) in [4.78, 5) is 0. The van der Waals surface area contributed by atoms with Gasteiger partial charge in [-0.15, -0.1) is 0 Å². The van der Waals surface area contributed by atoms with Gasteiger partial charge in [-0.3, -0.25) is 0 Å². The van der Waals surface area contributed by atoms with Crippen molar-refractivity contribution in [3.63, 3.8) is 0 Å². The van der Waals surface area contributed by atoms with E-state index < -0.39 is 28.8 Å². The Balaban J connectivity index is 3.28. The second-order valence-electron chi connectivity index (χ2n) is 2.38. The van der Waals surface area contributed by atoms with Gasteiger partial charge in [0.1, 0.15) is 0 Å². The summed E-state index contributed by atoms with van der Waals surface area (Å²) in [5, 5.41) is 0. The Bertz CT molecular complexity index is 298. The Hall–Kier alpha value is -0.710. The Kier molecular flexibility index (Phi) is 3.19. The summed E-state index contributed by atoms with van der Waals surface area (Å²) in [6.45, 7) is 0. The van der Waals surface area contributed by atoms with Gasteiger partial charge in [-0.2, -0.15) is 11.8 Å². The van der Waals surface area contributed by atoms with Gasteiger partial charge >= 0.3 is 0 Å². The molecule has 0 aliphatic carbocycles. The van der Waals surface area contributed by atoms with Crippen molar-refractivity contribution >= 4 is 11.8 Å². The molecule has 1 aromatic rings. The molecular formula is C8H6F4S. The fourth-order valence-corrected chi connectivity index (χ4v) is 1.44. The highest BCUT2D eigenvalue weighted by Crippen LogP contribution is 2.22. The van der Waals surface area contributed by atoms with E-state index in [1.165, 1.54) is 0 Å². The maximum Gasteiger partial charge on any atom is 0.165 e. The van der Waals surface area contributed by atoms with Crippen LogP contribution in [-0.4, -0.2) is 6.26 Å². The van der Waals surface area contributed by atoms with Crippen molar-refractivity contribution in [2.45, 2.75) is 5.75 Å². The molecule has 0 radical (unpaired) electrons. The van der Waals surface area contributed by atoms with Crippen molar-refractivity contribution in [1.82, 2.24) is 0 Å². The van der Waals surface area contributed by atoms with Crippen molar-refractivity contribution in [3.05, 3.63) is 34.9 Å². The van der Waals surface area contributed by atoms with Crippen LogP contribution >= 0.6 is 11.8 Å². The number of hydrogen-bond acceptors (Lipinski definition) is 1. The summed E-state index contributed by atoms with van der Waals surface area (Å²) in [5.74, 6) is -5.43. The number of benzene rings is 1. The topological polar surface area (TPSA) is 0 Å². The Morgan fingerprint density at radius 1 is 1.08 bits per heavy atom. The van der Waals surface area contributed by atoms with Crippen LogP contribution in [-0.2, 0) is 5.75 Å². The normalized spacial score (nSPS) is 10.5. The molecule has 1 rings (SSSR count). The molecule has 1 aromatic carbocycles. The number of halogens is 4. The van der Waals surface area contributed by atoms with Crippen LogP contribution in [0.3, 0.4) is 0 Å². The van der Waals surface area contributed by atoms with E-state index in [1.807, 2.05) is 0 Å². The first-order valence-corrected chi connectivity index (χ1v) is 4.78. The van der Waals surface area contributed by atoms with Crippen LogP contribution in [0.25, 0.3) is 0 Å². The van der Waals surface area contributed by atoms with Crippen LogP contribution in [0.1, 0.15) is 5.56 Å². The molecule has 0 aromatic heterocycles. The van der Waals surface area contributed by atoms with Crippen molar-refractivity contribution < 1.29 is 17.6 Å². The van der Waals surface area contributed by atoms with Crippen LogP contribution in [0.15, 0.2) is 6.07 Å². The summed E-state index contributed by atoms with van der Waals surface area (Å²) in [6, 6.07) is 0.203. The molecule has 0 nitrogen and oxygen atoms in total. The lowest BCUT2D eigenvalue weighted by atomic mass is 10.2. The lowest BCUT2D eigenvalue weighted by molar-refractivity contribution is 0.444. The molecular weight excluding hydrogens is 204 g/mol. The van der Waals surface area contributed by atoms with Gasteiger partial charge in [0.05, 0.1) is 0 Å². The van der Waals surface area contributed by atoms with Gasteiger partial charge in [-0.25, -0.2) is 17.6 Å². The monoisotopic (exact) mass is 210 g/mol. The smallest absolute Gasteiger partial charge is 0.165 e. The average molecular weight is 210 g/mol. The Labute approximate surface area is 76.9 Å². The highest BCUT2D eigenvalue weighted by atomic mass is 32.2. The lowest BCUT2D eigenvalue weighted by Crippen LogP contribution is -2.00. The SMILES string of the molecule is CSCc1c(F)c(F)cc(F)c1F.